The number of rotatable bonds is 3. The van der Waals surface area contributed by atoms with Gasteiger partial charge in [-0.2, -0.15) is 0 Å². The topological polar surface area (TPSA) is 50.7 Å². The smallest absolute Gasteiger partial charge is 0.264 e. The van der Waals surface area contributed by atoms with Crippen LogP contribution in [0.25, 0.3) is 6.08 Å². The summed E-state index contributed by atoms with van der Waals surface area (Å²) in [6, 6.07) is 11.0. The second-order valence-electron chi connectivity index (χ2n) is 4.94. The van der Waals surface area contributed by atoms with Crippen LogP contribution in [0, 0.1) is 0 Å². The lowest BCUT2D eigenvalue weighted by atomic mass is 10.2. The number of methoxy groups -OCH3 is 1. The summed E-state index contributed by atoms with van der Waals surface area (Å²) in [7, 11) is 1.59. The number of para-hydroxylation sites is 1. The molecule has 3 rings (SSSR count). The van der Waals surface area contributed by atoms with E-state index in [2.05, 4.69) is 42.2 Å². The van der Waals surface area contributed by atoms with Gasteiger partial charge in [-0.15, -0.1) is 0 Å². The Labute approximate surface area is 170 Å². The summed E-state index contributed by atoms with van der Waals surface area (Å²) in [5.74, 6) is 0.439. The van der Waals surface area contributed by atoms with Gasteiger partial charge >= 0.3 is 0 Å². The van der Waals surface area contributed by atoms with Crippen LogP contribution in [0.1, 0.15) is 5.56 Å². The highest BCUT2D eigenvalue weighted by Crippen LogP contribution is 2.37. The van der Waals surface area contributed by atoms with Gasteiger partial charge < -0.3 is 10.1 Å². The number of carbonyl (C=O) groups is 1. The average Bonchev–Trinajstić information content (AvgIpc) is 2.89. The summed E-state index contributed by atoms with van der Waals surface area (Å²) in [6.45, 7) is 0. The Balaban J connectivity index is 1.94. The van der Waals surface area contributed by atoms with Crippen molar-refractivity contribution in [1.29, 1.82) is 0 Å². The minimum atomic E-state index is -0.214. The first-order valence-electron chi connectivity index (χ1n) is 7.05. The fraction of sp³-hybridized carbons (Fsp3) is 0.0588. The van der Waals surface area contributed by atoms with E-state index in [0.717, 1.165) is 14.5 Å². The molecule has 0 unspecified atom stereocenters. The van der Waals surface area contributed by atoms with Crippen molar-refractivity contribution in [3.05, 3.63) is 60.8 Å². The second-order valence-corrected chi connectivity index (χ2v) is 8.15. The number of halogens is 3. The molecular formula is C17H11Br2ClN2O2S. The molecule has 1 fully saturated rings. The highest BCUT2D eigenvalue weighted by molar-refractivity contribution is 9.11. The summed E-state index contributed by atoms with van der Waals surface area (Å²) < 4.78 is 7.09. The van der Waals surface area contributed by atoms with Gasteiger partial charge in [-0.1, -0.05) is 39.7 Å². The first-order valence-corrected chi connectivity index (χ1v) is 9.83. The lowest BCUT2D eigenvalue weighted by Gasteiger charge is -2.08. The summed E-state index contributed by atoms with van der Waals surface area (Å²) in [5.41, 5.74) is 1.39. The van der Waals surface area contributed by atoms with E-state index in [1.54, 1.807) is 25.3 Å². The largest absolute Gasteiger partial charge is 0.495 e. The van der Waals surface area contributed by atoms with Gasteiger partial charge in [0.1, 0.15) is 5.75 Å². The lowest BCUT2D eigenvalue weighted by molar-refractivity contribution is -0.115. The van der Waals surface area contributed by atoms with Crippen molar-refractivity contribution < 1.29 is 9.53 Å². The van der Waals surface area contributed by atoms with E-state index in [9.17, 15) is 4.79 Å². The van der Waals surface area contributed by atoms with Crippen LogP contribution in [0.2, 0.25) is 5.02 Å². The molecule has 0 spiro atoms. The van der Waals surface area contributed by atoms with Crippen molar-refractivity contribution >= 4 is 78.1 Å². The Morgan fingerprint density at radius 1 is 1.28 bits per heavy atom. The molecule has 0 bridgehead atoms. The molecule has 1 heterocycles. The van der Waals surface area contributed by atoms with Gasteiger partial charge in [0.15, 0.2) is 5.17 Å². The summed E-state index contributed by atoms with van der Waals surface area (Å²) in [6.07, 6.45) is 1.77. The van der Waals surface area contributed by atoms with E-state index >= 15 is 0 Å². The number of nitrogens with zero attached hydrogens (tertiary/aromatic N) is 1. The molecule has 0 atom stereocenters. The third-order valence-corrected chi connectivity index (χ3v) is 5.53. The molecule has 8 heteroatoms. The molecule has 2 aromatic rings. The first-order chi connectivity index (χ1) is 12.0. The predicted octanol–water partition coefficient (Wildman–Crippen LogP) is 5.77. The van der Waals surface area contributed by atoms with Crippen LogP contribution in [0.15, 0.2) is 55.2 Å². The maximum atomic E-state index is 12.3. The number of amidine groups is 1. The number of amides is 1. The molecule has 0 aliphatic carbocycles. The van der Waals surface area contributed by atoms with Crippen LogP contribution in [0.5, 0.6) is 5.75 Å². The Hall–Kier alpha value is -1.28. The maximum absolute atomic E-state index is 12.3. The fourth-order valence-corrected chi connectivity index (χ4v) is 4.60. The van der Waals surface area contributed by atoms with Gasteiger partial charge in [-0.3, -0.25) is 4.79 Å². The van der Waals surface area contributed by atoms with Gasteiger partial charge in [0.25, 0.3) is 5.91 Å². The Morgan fingerprint density at radius 3 is 2.76 bits per heavy atom. The molecule has 1 aliphatic heterocycles. The molecule has 0 saturated carbocycles. The minimum Gasteiger partial charge on any atom is -0.495 e. The SMILES string of the molecule is COc1c(Br)cc(Br)cc1/C=C1\SC(=Nc2ccccc2Cl)NC1=O. The third-order valence-electron chi connectivity index (χ3n) is 3.25. The average molecular weight is 503 g/mol. The highest BCUT2D eigenvalue weighted by atomic mass is 79.9. The van der Waals surface area contributed by atoms with Crippen molar-refractivity contribution in [2.45, 2.75) is 0 Å². The zero-order valence-corrected chi connectivity index (χ0v) is 17.6. The number of hydrogen-bond acceptors (Lipinski definition) is 4. The van der Waals surface area contributed by atoms with Crippen LogP contribution in [-0.2, 0) is 4.79 Å². The normalized spacial score (nSPS) is 17.2. The molecule has 4 nitrogen and oxygen atoms in total. The van der Waals surface area contributed by atoms with Gasteiger partial charge in [0.05, 0.1) is 27.2 Å². The zero-order chi connectivity index (χ0) is 18.0. The van der Waals surface area contributed by atoms with E-state index in [1.165, 1.54) is 11.8 Å². The van der Waals surface area contributed by atoms with Gasteiger partial charge in [-0.05, 0) is 58.0 Å². The molecule has 1 saturated heterocycles. The molecule has 1 N–H and O–H groups in total. The number of thioether (sulfide) groups is 1. The predicted molar refractivity (Wildman–Crippen MR) is 111 cm³/mol. The van der Waals surface area contributed by atoms with Gasteiger partial charge in [0.2, 0.25) is 0 Å². The third kappa shape index (κ3) is 4.28. The van der Waals surface area contributed by atoms with E-state index < -0.39 is 0 Å². The molecular weight excluding hydrogens is 492 g/mol. The summed E-state index contributed by atoms with van der Waals surface area (Å²) >= 11 is 14.3. The number of benzene rings is 2. The minimum absolute atomic E-state index is 0.214. The van der Waals surface area contributed by atoms with E-state index in [1.807, 2.05) is 24.3 Å². The van der Waals surface area contributed by atoms with Gasteiger partial charge in [-0.25, -0.2) is 4.99 Å². The summed E-state index contributed by atoms with van der Waals surface area (Å²) in [5, 5.41) is 3.76. The maximum Gasteiger partial charge on any atom is 0.264 e. The molecule has 128 valence electrons. The number of hydrogen-bond donors (Lipinski definition) is 1. The monoisotopic (exact) mass is 500 g/mol. The number of carbonyl (C=O) groups excluding carboxylic acids is 1. The standard InChI is InChI=1S/C17H11Br2ClN2O2S/c1-24-15-9(6-10(18)8-11(15)19)7-14-16(23)22-17(25-14)21-13-5-3-2-4-12(13)20/h2-8H,1H3,(H,21,22,23)/b14-7-. The van der Waals surface area contributed by atoms with Crippen LogP contribution in [0.4, 0.5) is 5.69 Å². The number of nitrogens with one attached hydrogen (secondary N) is 1. The number of ether oxygens (including phenoxy) is 1. The lowest BCUT2D eigenvalue weighted by Crippen LogP contribution is -2.19. The van der Waals surface area contributed by atoms with Crippen LogP contribution in [0.3, 0.4) is 0 Å². The quantitative estimate of drug-likeness (QED) is 0.543. The zero-order valence-electron chi connectivity index (χ0n) is 12.8. The highest BCUT2D eigenvalue weighted by Gasteiger charge is 2.25. The molecule has 0 radical (unpaired) electrons. The fourth-order valence-electron chi connectivity index (χ4n) is 2.18. The van der Waals surface area contributed by atoms with Crippen LogP contribution >= 0.6 is 55.2 Å². The molecule has 1 aliphatic rings. The van der Waals surface area contributed by atoms with Crippen LogP contribution in [-0.4, -0.2) is 18.2 Å². The molecule has 25 heavy (non-hydrogen) atoms. The Bertz CT molecular complexity index is 916. The first kappa shape index (κ1) is 18.5. The van der Waals surface area contributed by atoms with Crippen LogP contribution < -0.4 is 10.1 Å². The van der Waals surface area contributed by atoms with E-state index in [4.69, 9.17) is 16.3 Å². The van der Waals surface area contributed by atoms with E-state index in [-0.39, 0.29) is 5.91 Å². The Morgan fingerprint density at radius 2 is 2.04 bits per heavy atom. The van der Waals surface area contributed by atoms with Crippen molar-refractivity contribution in [2.75, 3.05) is 7.11 Å². The van der Waals surface area contributed by atoms with Crippen molar-refractivity contribution in [1.82, 2.24) is 5.32 Å². The second kappa shape index (κ2) is 7.95. The van der Waals surface area contributed by atoms with Crippen molar-refractivity contribution in [3.63, 3.8) is 0 Å². The van der Waals surface area contributed by atoms with Crippen molar-refractivity contribution in [3.8, 4) is 5.75 Å². The molecule has 1 amide bonds. The summed E-state index contributed by atoms with van der Waals surface area (Å²) in [4.78, 5) is 17.2. The molecule has 2 aromatic carbocycles. The van der Waals surface area contributed by atoms with Crippen molar-refractivity contribution in [2.24, 2.45) is 4.99 Å². The van der Waals surface area contributed by atoms with Gasteiger partial charge in [0, 0.05) is 10.0 Å². The number of aliphatic imine (C=N–C) groups is 1. The molecule has 0 aromatic heterocycles. The Kier molecular flexibility index (Phi) is 5.89. The van der Waals surface area contributed by atoms with E-state index in [0.29, 0.717) is 26.5 Å².